The fraction of sp³-hybridized carbons (Fsp3) is 0.688. The maximum Gasteiger partial charge on any atom is 0.268 e. The highest BCUT2D eigenvalue weighted by Gasteiger charge is 2.15. The fourth-order valence-electron chi connectivity index (χ4n) is 1.90. The molecule has 5 heteroatoms. The van der Waals surface area contributed by atoms with Crippen LogP contribution in [0.4, 0.5) is 5.69 Å². The van der Waals surface area contributed by atoms with Crippen LogP contribution >= 0.6 is 0 Å². The molecule has 0 aliphatic rings. The Morgan fingerprint density at radius 2 is 2.14 bits per heavy atom. The van der Waals surface area contributed by atoms with E-state index < -0.39 is 0 Å². The van der Waals surface area contributed by atoms with E-state index in [1.165, 1.54) is 4.68 Å². The largest absolute Gasteiger partial charge is 0.383 e. The van der Waals surface area contributed by atoms with Crippen molar-refractivity contribution in [2.75, 3.05) is 11.9 Å². The molecular weight excluding hydrogens is 264 g/mol. The number of anilines is 1. The van der Waals surface area contributed by atoms with Crippen molar-refractivity contribution in [3.63, 3.8) is 0 Å². The molecule has 0 saturated heterocycles. The lowest BCUT2D eigenvalue weighted by molar-refractivity contribution is 0.408. The number of aromatic nitrogens is 2. The van der Waals surface area contributed by atoms with Gasteiger partial charge in [-0.2, -0.15) is 10.4 Å². The summed E-state index contributed by atoms with van der Waals surface area (Å²) in [6, 6.07) is 3.88. The molecule has 0 aliphatic carbocycles. The van der Waals surface area contributed by atoms with Gasteiger partial charge in [-0.15, -0.1) is 0 Å². The van der Waals surface area contributed by atoms with E-state index in [2.05, 4.69) is 30.3 Å². The lowest BCUT2D eigenvalue weighted by atomic mass is 9.89. The molecule has 0 spiro atoms. The molecule has 0 aromatic carbocycles. The summed E-state index contributed by atoms with van der Waals surface area (Å²) >= 11 is 0. The van der Waals surface area contributed by atoms with Crippen molar-refractivity contribution < 1.29 is 0 Å². The average Bonchev–Trinajstić information content (AvgIpc) is 2.43. The van der Waals surface area contributed by atoms with Gasteiger partial charge in [0.25, 0.3) is 5.56 Å². The third-order valence-electron chi connectivity index (χ3n) is 3.31. The number of aryl methyl sites for hydroxylation is 1. The van der Waals surface area contributed by atoms with Gasteiger partial charge in [-0.1, -0.05) is 20.3 Å². The molecule has 1 heterocycles. The lowest BCUT2D eigenvalue weighted by Crippen LogP contribution is -2.23. The Morgan fingerprint density at radius 3 is 2.71 bits per heavy atom. The Labute approximate surface area is 127 Å². The van der Waals surface area contributed by atoms with Crippen molar-refractivity contribution in [3.8, 4) is 6.07 Å². The molecule has 0 amide bonds. The highest BCUT2D eigenvalue weighted by Crippen LogP contribution is 2.21. The predicted octanol–water partition coefficient (Wildman–Crippen LogP) is 3.03. The minimum Gasteiger partial charge on any atom is -0.383 e. The number of hydrogen-bond acceptors (Lipinski definition) is 4. The Kier molecular flexibility index (Phi) is 6.41. The van der Waals surface area contributed by atoms with Gasteiger partial charge in [-0.3, -0.25) is 4.79 Å². The van der Waals surface area contributed by atoms with E-state index in [1.54, 1.807) is 12.3 Å². The van der Waals surface area contributed by atoms with Gasteiger partial charge in [0.15, 0.2) is 0 Å². The lowest BCUT2D eigenvalue weighted by Gasteiger charge is -2.14. The van der Waals surface area contributed by atoms with Gasteiger partial charge in [-0.05, 0) is 32.6 Å². The van der Waals surface area contributed by atoms with Gasteiger partial charge in [0, 0.05) is 19.2 Å². The second-order valence-electron chi connectivity index (χ2n) is 6.53. The van der Waals surface area contributed by atoms with E-state index in [1.807, 2.05) is 13.8 Å². The van der Waals surface area contributed by atoms with Crippen LogP contribution in [-0.2, 0) is 6.54 Å². The second kappa shape index (κ2) is 7.82. The molecule has 1 N–H and O–H groups in total. The zero-order valence-electron chi connectivity index (χ0n) is 13.5. The minimum atomic E-state index is -0.289. The monoisotopic (exact) mass is 290 g/mol. The van der Waals surface area contributed by atoms with Crippen molar-refractivity contribution in [1.82, 2.24) is 9.78 Å². The van der Waals surface area contributed by atoms with E-state index in [0.29, 0.717) is 12.5 Å². The fourth-order valence-corrected chi connectivity index (χ4v) is 1.90. The summed E-state index contributed by atoms with van der Waals surface area (Å²) in [5.74, 6) is 0.524. The number of hydrogen-bond donors (Lipinski definition) is 1. The quantitative estimate of drug-likeness (QED) is 0.747. The topological polar surface area (TPSA) is 70.7 Å². The maximum absolute atomic E-state index is 11.9. The normalized spacial score (nSPS) is 11.4. The summed E-state index contributed by atoms with van der Waals surface area (Å²) < 4.78 is 1.49. The summed E-state index contributed by atoms with van der Waals surface area (Å²) in [5, 5.41) is 16.3. The molecule has 0 unspecified atom stereocenters. The van der Waals surface area contributed by atoms with E-state index >= 15 is 0 Å². The molecule has 1 aromatic heterocycles. The molecule has 0 bridgehead atoms. The van der Waals surface area contributed by atoms with Crippen LogP contribution in [0.3, 0.4) is 0 Å². The SMILES string of the molecule is CC(C)CNc1cnn(CCCCC(C)(C)C#N)c(=O)c1. The van der Waals surface area contributed by atoms with E-state index in [4.69, 9.17) is 5.26 Å². The Hall–Kier alpha value is -1.83. The Bertz CT molecular complexity index is 540. The van der Waals surface area contributed by atoms with Crippen molar-refractivity contribution in [2.24, 2.45) is 11.3 Å². The Morgan fingerprint density at radius 1 is 1.43 bits per heavy atom. The van der Waals surface area contributed by atoms with Gasteiger partial charge in [0.1, 0.15) is 0 Å². The zero-order chi connectivity index (χ0) is 15.9. The molecule has 0 saturated carbocycles. The first-order valence-electron chi connectivity index (χ1n) is 7.56. The molecule has 0 radical (unpaired) electrons. The molecular formula is C16H26N4O. The smallest absolute Gasteiger partial charge is 0.268 e. The van der Waals surface area contributed by atoms with Gasteiger partial charge in [0.05, 0.1) is 23.4 Å². The third kappa shape index (κ3) is 6.44. The van der Waals surface area contributed by atoms with Gasteiger partial charge >= 0.3 is 0 Å². The molecule has 0 aliphatic heterocycles. The predicted molar refractivity (Wildman–Crippen MR) is 85.1 cm³/mol. The summed E-state index contributed by atoms with van der Waals surface area (Å²) in [5.41, 5.74) is 0.405. The molecule has 116 valence electrons. The van der Waals surface area contributed by atoms with Crippen molar-refractivity contribution in [2.45, 2.75) is 53.5 Å². The number of rotatable bonds is 8. The van der Waals surface area contributed by atoms with Crippen LogP contribution in [0, 0.1) is 22.7 Å². The number of unbranched alkanes of at least 4 members (excludes halogenated alkanes) is 1. The summed E-state index contributed by atoms with van der Waals surface area (Å²) in [6.45, 7) is 9.53. The van der Waals surface area contributed by atoms with Crippen LogP contribution in [0.2, 0.25) is 0 Å². The van der Waals surface area contributed by atoms with E-state index in [-0.39, 0.29) is 11.0 Å². The number of nitriles is 1. The minimum absolute atomic E-state index is 0.0803. The summed E-state index contributed by atoms with van der Waals surface area (Å²) in [6.07, 6.45) is 4.31. The van der Waals surface area contributed by atoms with E-state index in [0.717, 1.165) is 31.5 Å². The van der Waals surface area contributed by atoms with E-state index in [9.17, 15) is 4.79 Å². The number of nitrogens with zero attached hydrogens (tertiary/aromatic N) is 3. The molecule has 1 rings (SSSR count). The first-order chi connectivity index (χ1) is 9.84. The van der Waals surface area contributed by atoms with Crippen LogP contribution in [0.25, 0.3) is 0 Å². The molecule has 1 aromatic rings. The summed E-state index contributed by atoms with van der Waals surface area (Å²) in [4.78, 5) is 11.9. The van der Waals surface area contributed by atoms with Crippen LogP contribution in [0.5, 0.6) is 0 Å². The third-order valence-corrected chi connectivity index (χ3v) is 3.31. The maximum atomic E-state index is 11.9. The van der Waals surface area contributed by atoms with Gasteiger partial charge < -0.3 is 5.32 Å². The van der Waals surface area contributed by atoms with Gasteiger partial charge in [-0.25, -0.2) is 4.68 Å². The van der Waals surface area contributed by atoms with Crippen LogP contribution in [0.1, 0.15) is 47.0 Å². The summed E-state index contributed by atoms with van der Waals surface area (Å²) in [7, 11) is 0. The van der Waals surface area contributed by atoms with Crippen molar-refractivity contribution in [1.29, 1.82) is 5.26 Å². The molecule has 5 nitrogen and oxygen atoms in total. The zero-order valence-corrected chi connectivity index (χ0v) is 13.5. The average molecular weight is 290 g/mol. The highest BCUT2D eigenvalue weighted by molar-refractivity contribution is 5.38. The first-order valence-corrected chi connectivity index (χ1v) is 7.56. The molecule has 0 atom stereocenters. The standard InChI is InChI=1S/C16H26N4O/c1-13(2)10-18-14-9-15(21)20(19-11-14)8-6-5-7-16(3,4)12-17/h9,11,13,18H,5-8,10H2,1-4H3. The highest BCUT2D eigenvalue weighted by atomic mass is 16.1. The second-order valence-corrected chi connectivity index (χ2v) is 6.53. The first kappa shape index (κ1) is 17.2. The van der Waals surface area contributed by atoms with Crippen LogP contribution < -0.4 is 10.9 Å². The van der Waals surface area contributed by atoms with Crippen LogP contribution in [-0.4, -0.2) is 16.3 Å². The van der Waals surface area contributed by atoms with Gasteiger partial charge in [0.2, 0.25) is 0 Å². The van der Waals surface area contributed by atoms with Crippen molar-refractivity contribution in [3.05, 3.63) is 22.6 Å². The molecule has 0 fully saturated rings. The van der Waals surface area contributed by atoms with Crippen molar-refractivity contribution >= 4 is 5.69 Å². The molecule has 21 heavy (non-hydrogen) atoms. The Balaban J connectivity index is 2.47. The number of nitrogens with one attached hydrogen (secondary N) is 1. The van der Waals surface area contributed by atoms with Crippen LogP contribution in [0.15, 0.2) is 17.1 Å².